The Balaban J connectivity index is 2.01. The molecule has 3 rings (SSSR count). The monoisotopic (exact) mass is 317 g/mol. The lowest BCUT2D eigenvalue weighted by Gasteiger charge is -2.09. The van der Waals surface area contributed by atoms with Crippen molar-refractivity contribution >= 4 is 17.6 Å². The number of carbonyl (C=O) groups is 1. The number of carboxylic acid groups (broad SMARTS) is 1. The molecule has 0 bridgehead atoms. The summed E-state index contributed by atoms with van der Waals surface area (Å²) in [6.07, 6.45) is 2.79. The third-order valence-corrected chi connectivity index (χ3v) is 3.58. The Bertz CT molecular complexity index is 822. The molecule has 0 aliphatic heterocycles. The van der Waals surface area contributed by atoms with E-state index in [1.54, 1.807) is 10.9 Å². The summed E-state index contributed by atoms with van der Waals surface area (Å²) in [4.78, 5) is 15.2. The van der Waals surface area contributed by atoms with Gasteiger partial charge < -0.3 is 5.11 Å². The van der Waals surface area contributed by atoms with E-state index in [-0.39, 0.29) is 12.2 Å². The molecule has 2 heterocycles. The van der Waals surface area contributed by atoms with Crippen molar-refractivity contribution in [1.82, 2.24) is 24.5 Å². The summed E-state index contributed by atoms with van der Waals surface area (Å²) in [6.45, 7) is 2.16. The summed E-state index contributed by atoms with van der Waals surface area (Å²) < 4.78 is 3.07. The number of carboxylic acids is 1. The highest BCUT2D eigenvalue weighted by Crippen LogP contribution is 2.20. The first-order valence-corrected chi connectivity index (χ1v) is 6.84. The fourth-order valence-corrected chi connectivity index (χ4v) is 2.30. The van der Waals surface area contributed by atoms with Gasteiger partial charge in [0.05, 0.1) is 18.4 Å². The van der Waals surface area contributed by atoms with Gasteiger partial charge in [0.25, 0.3) is 0 Å². The molecule has 3 aromatic rings. The Hall–Kier alpha value is -2.67. The number of aromatic carboxylic acids is 1. The topological polar surface area (TPSA) is 85.8 Å². The third kappa shape index (κ3) is 2.58. The molecule has 8 heteroatoms. The Kier molecular flexibility index (Phi) is 3.64. The standard InChI is InChI=1S/C14H12ClN5O2/c1-9-2-4-10(5-3-9)19-8-16-13(15)12(19)7-20-11(14(21)22)6-17-18-20/h2-6,8H,7H2,1H3,(H,21,22). The lowest BCUT2D eigenvalue weighted by Crippen LogP contribution is -2.13. The molecule has 0 fully saturated rings. The fraction of sp³-hybridized carbons (Fsp3) is 0.143. The minimum absolute atomic E-state index is 0.00674. The van der Waals surface area contributed by atoms with Crippen LogP contribution in [-0.4, -0.2) is 35.6 Å². The SMILES string of the molecule is Cc1ccc(-n2cnc(Cl)c2Cn2nncc2C(=O)O)cc1. The molecular weight excluding hydrogens is 306 g/mol. The average molecular weight is 318 g/mol. The molecule has 22 heavy (non-hydrogen) atoms. The second-order valence-electron chi connectivity index (χ2n) is 4.77. The smallest absolute Gasteiger partial charge is 0.355 e. The van der Waals surface area contributed by atoms with Crippen molar-refractivity contribution in [3.8, 4) is 5.69 Å². The first-order valence-electron chi connectivity index (χ1n) is 6.47. The number of imidazole rings is 1. The summed E-state index contributed by atoms with van der Waals surface area (Å²) in [7, 11) is 0. The van der Waals surface area contributed by atoms with E-state index < -0.39 is 5.97 Å². The molecule has 0 radical (unpaired) electrons. The molecule has 0 aliphatic rings. The van der Waals surface area contributed by atoms with Gasteiger partial charge in [-0.25, -0.2) is 14.5 Å². The van der Waals surface area contributed by atoms with E-state index in [0.717, 1.165) is 11.3 Å². The van der Waals surface area contributed by atoms with E-state index in [2.05, 4.69) is 15.3 Å². The van der Waals surface area contributed by atoms with Gasteiger partial charge in [-0.2, -0.15) is 0 Å². The van der Waals surface area contributed by atoms with Gasteiger partial charge in [0.15, 0.2) is 10.8 Å². The van der Waals surface area contributed by atoms with Crippen LogP contribution in [0.15, 0.2) is 36.8 Å². The number of hydrogen-bond acceptors (Lipinski definition) is 4. The van der Waals surface area contributed by atoms with E-state index in [9.17, 15) is 4.79 Å². The largest absolute Gasteiger partial charge is 0.476 e. The predicted molar refractivity (Wildman–Crippen MR) is 79.4 cm³/mol. The van der Waals surface area contributed by atoms with Crippen LogP contribution >= 0.6 is 11.6 Å². The number of hydrogen-bond donors (Lipinski definition) is 1. The van der Waals surface area contributed by atoms with Gasteiger partial charge in [0.2, 0.25) is 0 Å². The number of aryl methyl sites for hydroxylation is 1. The molecular formula is C14H12ClN5O2. The van der Waals surface area contributed by atoms with Crippen LogP contribution in [0.3, 0.4) is 0 Å². The quantitative estimate of drug-likeness (QED) is 0.797. The van der Waals surface area contributed by atoms with Gasteiger partial charge in [0, 0.05) is 5.69 Å². The number of aromatic nitrogens is 5. The van der Waals surface area contributed by atoms with Gasteiger partial charge in [-0.15, -0.1) is 5.10 Å². The fourth-order valence-electron chi connectivity index (χ4n) is 2.10. The van der Waals surface area contributed by atoms with E-state index in [0.29, 0.717) is 10.8 Å². The Morgan fingerprint density at radius 2 is 2.05 bits per heavy atom. The minimum atomic E-state index is -1.09. The molecule has 1 N–H and O–H groups in total. The molecule has 0 aliphatic carbocycles. The molecule has 2 aromatic heterocycles. The number of rotatable bonds is 4. The minimum Gasteiger partial charge on any atom is -0.476 e. The number of halogens is 1. The van der Waals surface area contributed by atoms with E-state index >= 15 is 0 Å². The molecule has 0 unspecified atom stereocenters. The van der Waals surface area contributed by atoms with Gasteiger partial charge in [0.1, 0.15) is 6.33 Å². The van der Waals surface area contributed by atoms with Crippen LogP contribution in [0.25, 0.3) is 5.69 Å². The van der Waals surface area contributed by atoms with Gasteiger partial charge in [-0.1, -0.05) is 34.5 Å². The van der Waals surface area contributed by atoms with Crippen LogP contribution < -0.4 is 0 Å². The molecule has 112 valence electrons. The van der Waals surface area contributed by atoms with Crippen LogP contribution in [-0.2, 0) is 6.54 Å². The lowest BCUT2D eigenvalue weighted by atomic mass is 10.2. The first kappa shape index (κ1) is 14.3. The highest BCUT2D eigenvalue weighted by atomic mass is 35.5. The van der Waals surface area contributed by atoms with E-state index in [1.807, 2.05) is 31.2 Å². The number of benzene rings is 1. The zero-order valence-electron chi connectivity index (χ0n) is 11.6. The Morgan fingerprint density at radius 1 is 1.32 bits per heavy atom. The van der Waals surface area contributed by atoms with Crippen LogP contribution in [0.4, 0.5) is 0 Å². The summed E-state index contributed by atoms with van der Waals surface area (Å²) >= 11 is 6.13. The molecule has 0 spiro atoms. The summed E-state index contributed by atoms with van der Waals surface area (Å²) in [5.41, 5.74) is 2.66. The molecule has 0 amide bonds. The van der Waals surface area contributed by atoms with Crippen LogP contribution in [0, 0.1) is 6.92 Å². The predicted octanol–water partition coefficient (Wildman–Crippen LogP) is 2.17. The molecule has 0 saturated heterocycles. The summed E-state index contributed by atoms with van der Waals surface area (Å²) in [5.74, 6) is -1.09. The van der Waals surface area contributed by atoms with E-state index in [4.69, 9.17) is 16.7 Å². The molecule has 7 nitrogen and oxygen atoms in total. The van der Waals surface area contributed by atoms with Crippen molar-refractivity contribution < 1.29 is 9.90 Å². The maximum Gasteiger partial charge on any atom is 0.355 e. The normalized spacial score (nSPS) is 10.8. The maximum absolute atomic E-state index is 11.1. The van der Waals surface area contributed by atoms with Crippen LogP contribution in [0.5, 0.6) is 0 Å². The maximum atomic E-state index is 11.1. The van der Waals surface area contributed by atoms with Gasteiger partial charge in [-0.05, 0) is 19.1 Å². The van der Waals surface area contributed by atoms with Crippen LogP contribution in [0.2, 0.25) is 5.15 Å². The van der Waals surface area contributed by atoms with Crippen molar-refractivity contribution in [1.29, 1.82) is 0 Å². The second kappa shape index (κ2) is 5.61. The van der Waals surface area contributed by atoms with Crippen molar-refractivity contribution in [3.63, 3.8) is 0 Å². The zero-order valence-corrected chi connectivity index (χ0v) is 12.4. The summed E-state index contributed by atoms with van der Waals surface area (Å²) in [5, 5.41) is 16.8. The third-order valence-electron chi connectivity index (χ3n) is 3.26. The highest BCUT2D eigenvalue weighted by molar-refractivity contribution is 6.30. The molecule has 0 saturated carbocycles. The molecule has 1 aromatic carbocycles. The van der Waals surface area contributed by atoms with Crippen molar-refractivity contribution in [3.05, 3.63) is 58.9 Å². The Labute approximate surface area is 130 Å². The van der Waals surface area contributed by atoms with Gasteiger partial charge in [-0.3, -0.25) is 4.57 Å². The lowest BCUT2D eigenvalue weighted by molar-refractivity contribution is 0.0684. The number of nitrogens with zero attached hydrogens (tertiary/aromatic N) is 5. The van der Waals surface area contributed by atoms with Crippen LogP contribution in [0.1, 0.15) is 21.7 Å². The Morgan fingerprint density at radius 3 is 2.73 bits per heavy atom. The average Bonchev–Trinajstić information content (AvgIpc) is 3.09. The summed E-state index contributed by atoms with van der Waals surface area (Å²) in [6, 6.07) is 7.84. The highest BCUT2D eigenvalue weighted by Gasteiger charge is 2.17. The van der Waals surface area contributed by atoms with Crippen molar-refractivity contribution in [2.45, 2.75) is 13.5 Å². The molecule has 0 atom stereocenters. The van der Waals surface area contributed by atoms with Crippen molar-refractivity contribution in [2.24, 2.45) is 0 Å². The first-order chi connectivity index (χ1) is 10.6. The van der Waals surface area contributed by atoms with E-state index in [1.165, 1.54) is 10.9 Å². The zero-order chi connectivity index (χ0) is 15.7. The van der Waals surface area contributed by atoms with Gasteiger partial charge >= 0.3 is 5.97 Å². The van der Waals surface area contributed by atoms with Crippen molar-refractivity contribution in [2.75, 3.05) is 0 Å². The second-order valence-corrected chi connectivity index (χ2v) is 5.13.